The van der Waals surface area contributed by atoms with Crippen molar-refractivity contribution in [2.45, 2.75) is 33.6 Å². The molecule has 1 saturated carbocycles. The first kappa shape index (κ1) is 11.5. The Morgan fingerprint density at radius 1 is 1.44 bits per heavy atom. The van der Waals surface area contributed by atoms with Crippen molar-refractivity contribution < 1.29 is 10.0 Å². The molecule has 0 amide bonds. The fourth-order valence-electron chi connectivity index (χ4n) is 3.53. The van der Waals surface area contributed by atoms with Crippen LogP contribution < -0.4 is 0 Å². The molecule has 0 aromatic rings. The Morgan fingerprint density at radius 3 is 2.67 bits per heavy atom. The number of carbonyl (C=O) groups is 1. The number of ketones is 1. The fourth-order valence-corrected chi connectivity index (χ4v) is 3.53. The van der Waals surface area contributed by atoms with Crippen molar-refractivity contribution in [3.63, 3.8) is 0 Å². The molecular weight excluding hydrogens is 226 g/mol. The second-order valence-corrected chi connectivity index (χ2v) is 5.64. The van der Waals surface area contributed by atoms with Gasteiger partial charge in [-0.1, -0.05) is 17.7 Å². The highest BCUT2D eigenvalue weighted by atomic mass is 16.4. The van der Waals surface area contributed by atoms with Crippen LogP contribution in [-0.4, -0.2) is 17.2 Å². The first-order valence-corrected chi connectivity index (χ1v) is 6.39. The van der Waals surface area contributed by atoms with Crippen molar-refractivity contribution in [3.8, 4) is 0 Å². The summed E-state index contributed by atoms with van der Waals surface area (Å²) in [6, 6.07) is 0. The lowest BCUT2D eigenvalue weighted by Crippen LogP contribution is -2.31. The molecule has 3 heteroatoms. The van der Waals surface area contributed by atoms with Gasteiger partial charge >= 0.3 is 0 Å². The van der Waals surface area contributed by atoms with Gasteiger partial charge in [-0.2, -0.15) is 0 Å². The van der Waals surface area contributed by atoms with E-state index in [0.717, 1.165) is 35.1 Å². The van der Waals surface area contributed by atoms with Crippen molar-refractivity contribution >= 4 is 12.0 Å². The van der Waals surface area contributed by atoms with E-state index in [1.54, 1.807) is 0 Å². The van der Waals surface area contributed by atoms with E-state index in [9.17, 15) is 4.79 Å². The molecule has 0 aliphatic heterocycles. The molecule has 18 heavy (non-hydrogen) atoms. The molecule has 0 radical (unpaired) electrons. The third-order valence-corrected chi connectivity index (χ3v) is 4.91. The number of carbonyl (C=O) groups excluding carboxylic acids is 1. The molecule has 3 nitrogen and oxygen atoms in total. The van der Waals surface area contributed by atoms with E-state index in [0.29, 0.717) is 0 Å². The maximum Gasteiger partial charge on any atom is 0.167 e. The van der Waals surface area contributed by atoms with E-state index >= 15 is 0 Å². The normalized spacial score (nSPS) is 29.4. The summed E-state index contributed by atoms with van der Waals surface area (Å²) in [5, 5.41) is 11.9. The zero-order valence-corrected chi connectivity index (χ0v) is 10.9. The van der Waals surface area contributed by atoms with Gasteiger partial charge in [-0.3, -0.25) is 4.79 Å². The van der Waals surface area contributed by atoms with Crippen LogP contribution in [0.4, 0.5) is 0 Å². The number of hydrogen-bond acceptors (Lipinski definition) is 3. The second kappa shape index (κ2) is 3.44. The van der Waals surface area contributed by atoms with E-state index in [-0.39, 0.29) is 17.1 Å². The molecule has 0 heterocycles. The van der Waals surface area contributed by atoms with Gasteiger partial charge in [-0.15, -0.1) is 0 Å². The summed E-state index contributed by atoms with van der Waals surface area (Å²) < 4.78 is 0. The third kappa shape index (κ3) is 1.19. The minimum atomic E-state index is 0.0862. The number of allylic oxidation sites excluding steroid dienone is 6. The van der Waals surface area contributed by atoms with Crippen LogP contribution in [0.15, 0.2) is 39.1 Å². The van der Waals surface area contributed by atoms with Crippen LogP contribution in [0.1, 0.15) is 33.6 Å². The van der Waals surface area contributed by atoms with Gasteiger partial charge in [0.1, 0.15) is 0 Å². The number of Topliss-reactive ketones (excluding diaryl/α,β-unsaturated/α-hetero) is 1. The summed E-state index contributed by atoms with van der Waals surface area (Å²) in [5.41, 5.74) is 5.12. The molecular formula is C15H17NO2. The van der Waals surface area contributed by atoms with Gasteiger partial charge in [-0.25, -0.2) is 0 Å². The zero-order chi connectivity index (χ0) is 13.1. The molecule has 3 aliphatic rings. The highest BCUT2D eigenvalue weighted by molar-refractivity contribution is 6.10. The Labute approximate surface area is 107 Å². The molecule has 3 aliphatic carbocycles. The highest BCUT2D eigenvalue weighted by Gasteiger charge is 2.56. The van der Waals surface area contributed by atoms with E-state index in [2.05, 4.69) is 12.1 Å². The van der Waals surface area contributed by atoms with E-state index in [4.69, 9.17) is 5.21 Å². The van der Waals surface area contributed by atoms with Crippen LogP contribution in [0, 0.1) is 11.3 Å². The van der Waals surface area contributed by atoms with Crippen LogP contribution in [0.2, 0.25) is 0 Å². The van der Waals surface area contributed by atoms with E-state index < -0.39 is 0 Å². The van der Waals surface area contributed by atoms with Crippen LogP contribution in [0.25, 0.3) is 0 Å². The monoisotopic (exact) mass is 243 g/mol. The van der Waals surface area contributed by atoms with Crippen LogP contribution in [0.5, 0.6) is 0 Å². The number of fused-ring (bicyclic) bond motifs is 1. The summed E-state index contributed by atoms with van der Waals surface area (Å²) in [7, 11) is 0. The van der Waals surface area contributed by atoms with Crippen LogP contribution >= 0.6 is 0 Å². The largest absolute Gasteiger partial charge is 0.411 e. The number of nitrogens with zero attached hydrogens (tertiary/aromatic N) is 1. The minimum Gasteiger partial charge on any atom is -0.411 e. The smallest absolute Gasteiger partial charge is 0.167 e. The minimum absolute atomic E-state index is 0.0862. The topological polar surface area (TPSA) is 49.7 Å². The number of rotatable bonds is 1. The van der Waals surface area contributed by atoms with Gasteiger partial charge in [0.25, 0.3) is 0 Å². The third-order valence-electron chi connectivity index (χ3n) is 4.91. The molecule has 3 rings (SSSR count). The second-order valence-electron chi connectivity index (χ2n) is 5.64. The molecule has 0 bridgehead atoms. The van der Waals surface area contributed by atoms with Gasteiger partial charge in [0.2, 0.25) is 0 Å². The summed E-state index contributed by atoms with van der Waals surface area (Å²) in [5.74, 6) is 0.333. The van der Waals surface area contributed by atoms with Crippen molar-refractivity contribution in [1.29, 1.82) is 0 Å². The first-order chi connectivity index (χ1) is 8.53. The molecule has 1 spiro atoms. The van der Waals surface area contributed by atoms with Gasteiger partial charge < -0.3 is 5.21 Å². The maximum absolute atomic E-state index is 12.5. The molecule has 0 aromatic carbocycles. The highest BCUT2D eigenvalue weighted by Crippen LogP contribution is 2.63. The molecule has 0 unspecified atom stereocenters. The van der Waals surface area contributed by atoms with Gasteiger partial charge in [0.15, 0.2) is 5.78 Å². The Morgan fingerprint density at radius 2 is 2.11 bits per heavy atom. The van der Waals surface area contributed by atoms with Gasteiger partial charge in [0, 0.05) is 22.5 Å². The van der Waals surface area contributed by atoms with Crippen molar-refractivity contribution in [1.82, 2.24) is 0 Å². The Hall–Kier alpha value is -1.64. The maximum atomic E-state index is 12.5. The summed E-state index contributed by atoms with van der Waals surface area (Å²) >= 11 is 0. The van der Waals surface area contributed by atoms with Gasteiger partial charge in [0.05, 0.1) is 6.21 Å². The van der Waals surface area contributed by atoms with Crippen molar-refractivity contribution in [2.24, 2.45) is 16.5 Å². The summed E-state index contributed by atoms with van der Waals surface area (Å²) in [6.07, 6.45) is 5.59. The Kier molecular flexibility index (Phi) is 2.19. The van der Waals surface area contributed by atoms with Gasteiger partial charge in [-0.05, 0) is 43.9 Å². The Balaban J connectivity index is 2.23. The van der Waals surface area contributed by atoms with Crippen LogP contribution in [-0.2, 0) is 4.79 Å². The fraction of sp³-hybridized carbons (Fsp3) is 0.467. The lowest BCUT2D eigenvalue weighted by molar-refractivity contribution is -0.120. The number of oxime groups is 1. The molecule has 1 fully saturated rings. The molecule has 94 valence electrons. The van der Waals surface area contributed by atoms with Crippen molar-refractivity contribution in [3.05, 3.63) is 33.9 Å². The average molecular weight is 243 g/mol. The first-order valence-electron chi connectivity index (χ1n) is 6.39. The Bertz CT molecular complexity index is 571. The number of hydrogen-bond donors (Lipinski definition) is 1. The predicted molar refractivity (Wildman–Crippen MR) is 69.6 cm³/mol. The summed E-state index contributed by atoms with van der Waals surface area (Å²) in [6.45, 7) is 6.13. The van der Waals surface area contributed by atoms with E-state index in [1.807, 2.05) is 19.9 Å². The lowest BCUT2D eigenvalue weighted by atomic mass is 9.70. The molecule has 0 aromatic heterocycles. The van der Waals surface area contributed by atoms with Crippen molar-refractivity contribution in [2.75, 3.05) is 0 Å². The SMILES string of the molecule is CC1=C(C=NO)C2=C(C)C3(CC3)[C@H](C)C(=O)C2=C1. The quantitative estimate of drug-likeness (QED) is 0.437. The molecule has 1 N–H and O–H groups in total. The average Bonchev–Trinajstić information content (AvgIpc) is 3.08. The molecule has 0 saturated heterocycles. The van der Waals surface area contributed by atoms with E-state index in [1.165, 1.54) is 11.8 Å². The summed E-state index contributed by atoms with van der Waals surface area (Å²) in [4.78, 5) is 12.5. The molecule has 1 atom stereocenters. The standard InChI is InChI=1S/C15H17NO2/c1-8-6-11-13(12(8)7-16-18)9(2)15(4-5-15)10(3)14(11)17/h6-7,10,18H,4-5H2,1-3H3/t10-/m1/s1. The lowest BCUT2D eigenvalue weighted by Gasteiger charge is -2.32. The predicted octanol–water partition coefficient (Wildman–Crippen LogP) is 3.02. The van der Waals surface area contributed by atoms with Crippen LogP contribution in [0.3, 0.4) is 0 Å². The zero-order valence-electron chi connectivity index (χ0n) is 10.9.